The smallest absolute Gasteiger partial charge is 0.329 e. The normalized spacial score (nSPS) is 23.2. The Balaban J connectivity index is 1.83. The van der Waals surface area contributed by atoms with Crippen LogP contribution in [0.5, 0.6) is 0 Å². The molecule has 0 aromatic heterocycles. The number of hydrogen-bond acceptors (Lipinski definition) is 4. The molecule has 0 heterocycles. The molecule has 1 aromatic rings. The van der Waals surface area contributed by atoms with Crippen LogP contribution < -0.4 is 5.32 Å². The van der Waals surface area contributed by atoms with Crippen LogP contribution in [0.1, 0.15) is 43.7 Å². The summed E-state index contributed by atoms with van der Waals surface area (Å²) in [6, 6.07) is 9.29. The van der Waals surface area contributed by atoms with Gasteiger partial charge < -0.3 is 10.4 Å². The van der Waals surface area contributed by atoms with Crippen LogP contribution in [-0.2, 0) is 15.3 Å². The van der Waals surface area contributed by atoms with Crippen molar-refractivity contribution in [1.82, 2.24) is 5.32 Å². The number of hydrogen-bond donors (Lipinski definition) is 2. The first-order valence-corrected chi connectivity index (χ1v) is 9.22. The van der Waals surface area contributed by atoms with E-state index in [2.05, 4.69) is 18.3 Å². The second kappa shape index (κ2) is 8.20. The largest absolute Gasteiger partial charge is 0.480 e. The molecule has 1 aliphatic carbocycles. The summed E-state index contributed by atoms with van der Waals surface area (Å²) >= 11 is 1.44. The lowest BCUT2D eigenvalue weighted by Gasteiger charge is -2.36. The number of nitrogens with one attached hydrogen (secondary N) is 1. The molecule has 2 rings (SSSR count). The van der Waals surface area contributed by atoms with Crippen molar-refractivity contribution in [2.75, 3.05) is 5.75 Å². The van der Waals surface area contributed by atoms with Gasteiger partial charge in [0.15, 0.2) is 0 Å². The number of carboxylic acids is 1. The highest BCUT2D eigenvalue weighted by atomic mass is 32.2. The molecule has 5 nitrogen and oxygen atoms in total. The summed E-state index contributed by atoms with van der Waals surface area (Å²) in [7, 11) is 0. The van der Waals surface area contributed by atoms with Crippen molar-refractivity contribution in [3.63, 3.8) is 0 Å². The molecule has 6 heteroatoms. The number of thioether (sulfide) groups is 1. The number of benzene rings is 1. The van der Waals surface area contributed by atoms with Gasteiger partial charge in [-0.2, -0.15) is 5.26 Å². The number of rotatable bonds is 6. The summed E-state index contributed by atoms with van der Waals surface area (Å²) in [6.45, 7) is 2.11. The van der Waals surface area contributed by atoms with Gasteiger partial charge in [-0.15, -0.1) is 11.8 Å². The Kier molecular flexibility index (Phi) is 6.27. The van der Waals surface area contributed by atoms with Gasteiger partial charge in [0.05, 0.1) is 17.4 Å². The Hall–Kier alpha value is -2.00. The molecule has 1 aliphatic rings. The van der Waals surface area contributed by atoms with Gasteiger partial charge in [-0.3, -0.25) is 4.79 Å². The van der Waals surface area contributed by atoms with E-state index in [1.165, 1.54) is 11.8 Å². The molecule has 1 amide bonds. The summed E-state index contributed by atoms with van der Waals surface area (Å²) in [5.74, 6) is 0.228. The van der Waals surface area contributed by atoms with E-state index in [9.17, 15) is 14.7 Å². The second-order valence-electron chi connectivity index (χ2n) is 6.42. The quantitative estimate of drug-likeness (QED) is 0.826. The summed E-state index contributed by atoms with van der Waals surface area (Å²) in [6.07, 6.45) is 2.64. The summed E-state index contributed by atoms with van der Waals surface area (Å²) in [5, 5.41) is 21.0. The van der Waals surface area contributed by atoms with Gasteiger partial charge in [-0.1, -0.05) is 19.1 Å². The van der Waals surface area contributed by atoms with Gasteiger partial charge in [-0.05, 0) is 49.3 Å². The predicted octanol–water partition coefficient (Wildman–Crippen LogP) is 2.94. The van der Waals surface area contributed by atoms with Crippen LogP contribution in [0, 0.1) is 17.2 Å². The van der Waals surface area contributed by atoms with E-state index in [-0.39, 0.29) is 11.7 Å². The molecule has 0 spiro atoms. The number of nitrogens with zero attached hydrogens (tertiary/aromatic N) is 1. The molecule has 0 saturated heterocycles. The molecule has 1 saturated carbocycles. The topological polar surface area (TPSA) is 90.2 Å². The minimum absolute atomic E-state index is 0.227. The van der Waals surface area contributed by atoms with Gasteiger partial charge in [0.2, 0.25) is 5.91 Å². The van der Waals surface area contributed by atoms with E-state index >= 15 is 0 Å². The van der Waals surface area contributed by atoms with Gasteiger partial charge >= 0.3 is 5.97 Å². The Morgan fingerprint density at radius 3 is 2.50 bits per heavy atom. The highest BCUT2D eigenvalue weighted by Crippen LogP contribution is 2.32. The van der Waals surface area contributed by atoms with Crippen molar-refractivity contribution in [3.8, 4) is 6.07 Å². The van der Waals surface area contributed by atoms with Crippen molar-refractivity contribution < 1.29 is 14.7 Å². The zero-order valence-corrected chi connectivity index (χ0v) is 14.6. The molecule has 0 atom stereocenters. The number of carbonyl (C=O) groups is 2. The van der Waals surface area contributed by atoms with Crippen LogP contribution in [0.15, 0.2) is 24.3 Å². The maximum Gasteiger partial charge on any atom is 0.329 e. The number of carbonyl (C=O) groups excluding carboxylic acids is 1. The fourth-order valence-corrected chi connectivity index (χ4v) is 3.68. The van der Waals surface area contributed by atoms with Crippen molar-refractivity contribution in [1.29, 1.82) is 5.26 Å². The van der Waals surface area contributed by atoms with Crippen molar-refractivity contribution in [2.45, 2.75) is 43.9 Å². The minimum Gasteiger partial charge on any atom is -0.480 e. The zero-order chi connectivity index (χ0) is 17.6. The van der Waals surface area contributed by atoms with Crippen LogP contribution in [0.25, 0.3) is 0 Å². The van der Waals surface area contributed by atoms with Crippen LogP contribution in [0.2, 0.25) is 0 Å². The Morgan fingerprint density at radius 2 is 1.96 bits per heavy atom. The number of amides is 1. The number of aliphatic carboxylic acids is 1. The Bertz CT molecular complexity index is 629. The molecule has 0 bridgehead atoms. The molecule has 0 aliphatic heterocycles. The number of carboxylic acid groups (broad SMARTS) is 1. The summed E-state index contributed by atoms with van der Waals surface area (Å²) in [5.41, 5.74) is 0.543. The van der Waals surface area contributed by atoms with E-state index in [1.807, 2.05) is 12.1 Å². The molecule has 128 valence electrons. The molecular formula is C18H22N2O3S. The first kappa shape index (κ1) is 18.3. The van der Waals surface area contributed by atoms with E-state index in [4.69, 9.17) is 5.26 Å². The molecule has 2 N–H and O–H groups in total. The zero-order valence-electron chi connectivity index (χ0n) is 13.7. The standard InChI is InChI=1S/C18H22N2O3S/c1-13-6-8-18(9-7-13,17(22)23)20-16(21)12-24-11-15-4-2-14(10-19)3-5-15/h2-5,13H,6-9,11-12H2,1H3,(H,20,21)(H,22,23). The van der Waals surface area contributed by atoms with Crippen molar-refractivity contribution in [3.05, 3.63) is 35.4 Å². The fraction of sp³-hybridized carbons (Fsp3) is 0.500. The van der Waals surface area contributed by atoms with E-state index < -0.39 is 11.5 Å². The maximum atomic E-state index is 12.2. The van der Waals surface area contributed by atoms with Gasteiger partial charge in [0.1, 0.15) is 5.54 Å². The van der Waals surface area contributed by atoms with E-state index in [0.717, 1.165) is 18.4 Å². The average Bonchev–Trinajstić information content (AvgIpc) is 2.57. The highest BCUT2D eigenvalue weighted by molar-refractivity contribution is 7.99. The monoisotopic (exact) mass is 346 g/mol. The molecule has 0 unspecified atom stereocenters. The lowest BCUT2D eigenvalue weighted by Crippen LogP contribution is -2.56. The Labute approximate surface area is 146 Å². The van der Waals surface area contributed by atoms with Crippen LogP contribution in [0.3, 0.4) is 0 Å². The first-order valence-electron chi connectivity index (χ1n) is 8.06. The Morgan fingerprint density at radius 1 is 1.33 bits per heavy atom. The van der Waals surface area contributed by atoms with Crippen LogP contribution in [0.4, 0.5) is 0 Å². The lowest BCUT2D eigenvalue weighted by molar-refractivity contribution is -0.149. The van der Waals surface area contributed by atoms with Gasteiger partial charge in [0, 0.05) is 5.75 Å². The minimum atomic E-state index is -1.10. The third-order valence-electron chi connectivity index (χ3n) is 4.50. The first-order chi connectivity index (χ1) is 11.4. The number of nitriles is 1. The maximum absolute atomic E-state index is 12.2. The van der Waals surface area contributed by atoms with Gasteiger partial charge in [-0.25, -0.2) is 4.79 Å². The van der Waals surface area contributed by atoms with Crippen molar-refractivity contribution in [2.24, 2.45) is 5.92 Å². The third-order valence-corrected chi connectivity index (χ3v) is 5.50. The lowest BCUT2D eigenvalue weighted by atomic mass is 9.77. The van der Waals surface area contributed by atoms with Crippen LogP contribution >= 0.6 is 11.8 Å². The van der Waals surface area contributed by atoms with E-state index in [1.54, 1.807) is 12.1 Å². The molecular weight excluding hydrogens is 324 g/mol. The molecule has 0 radical (unpaired) electrons. The second-order valence-corrected chi connectivity index (χ2v) is 7.41. The molecule has 24 heavy (non-hydrogen) atoms. The van der Waals surface area contributed by atoms with E-state index in [0.29, 0.717) is 30.1 Å². The fourth-order valence-electron chi connectivity index (χ4n) is 2.89. The summed E-state index contributed by atoms with van der Waals surface area (Å²) in [4.78, 5) is 23.8. The van der Waals surface area contributed by atoms with Crippen LogP contribution in [-0.4, -0.2) is 28.3 Å². The van der Waals surface area contributed by atoms with Crippen molar-refractivity contribution >= 4 is 23.6 Å². The SMILES string of the molecule is CC1CCC(NC(=O)CSCc2ccc(C#N)cc2)(C(=O)O)CC1. The third kappa shape index (κ3) is 4.75. The van der Waals surface area contributed by atoms with Gasteiger partial charge in [0.25, 0.3) is 0 Å². The highest BCUT2D eigenvalue weighted by Gasteiger charge is 2.42. The average molecular weight is 346 g/mol. The predicted molar refractivity (Wildman–Crippen MR) is 93.5 cm³/mol. The summed E-state index contributed by atoms with van der Waals surface area (Å²) < 4.78 is 0. The molecule has 1 aromatic carbocycles. The molecule has 1 fully saturated rings.